The number of hydrogen-bond donors (Lipinski definition) is 0. The molecule has 0 fully saturated rings. The second-order valence-electron chi connectivity index (χ2n) is 5.89. The predicted octanol–water partition coefficient (Wildman–Crippen LogP) is 5.47. The Morgan fingerprint density at radius 2 is 1.90 bits per heavy atom. The summed E-state index contributed by atoms with van der Waals surface area (Å²) in [6, 6.07) is 15.7. The lowest BCUT2D eigenvalue weighted by atomic mass is 10.2. The Morgan fingerprint density at radius 3 is 2.59 bits per heavy atom. The molecule has 0 spiro atoms. The van der Waals surface area contributed by atoms with Crippen LogP contribution in [-0.2, 0) is 0 Å². The molecule has 146 valence electrons. The highest BCUT2D eigenvalue weighted by Crippen LogP contribution is 2.37. The monoisotopic (exact) mass is 443 g/mol. The number of hydrogen-bond acceptors (Lipinski definition) is 9. The summed E-state index contributed by atoms with van der Waals surface area (Å²) in [5, 5.41) is 23.4. The van der Waals surface area contributed by atoms with E-state index in [1.807, 2.05) is 37.3 Å². The molecule has 0 saturated carbocycles. The van der Waals surface area contributed by atoms with E-state index in [0.717, 1.165) is 10.0 Å². The van der Waals surface area contributed by atoms with Crippen LogP contribution in [0.3, 0.4) is 0 Å². The molecule has 29 heavy (non-hydrogen) atoms. The number of nitro groups is 1. The van der Waals surface area contributed by atoms with E-state index in [1.165, 1.54) is 35.2 Å². The SMILES string of the molecule is CC(Sc1nn(-c2ccccc2)c(=S)s1)c1nnc(-c2ccc([N+](=O)[O-])cc2)o1. The molecule has 1 atom stereocenters. The molecule has 1 unspecified atom stereocenters. The first-order chi connectivity index (χ1) is 14.0. The van der Waals surface area contributed by atoms with Crippen LogP contribution >= 0.6 is 35.3 Å². The number of non-ortho nitro benzene ring substituents is 1. The molecule has 2 aromatic carbocycles. The van der Waals surface area contributed by atoms with Crippen molar-refractivity contribution in [3.63, 3.8) is 0 Å². The molecule has 0 amide bonds. The lowest BCUT2D eigenvalue weighted by Gasteiger charge is -2.03. The maximum Gasteiger partial charge on any atom is 0.269 e. The average Bonchev–Trinajstić information content (AvgIpc) is 3.36. The molecular formula is C18H13N5O3S3. The fourth-order valence-electron chi connectivity index (χ4n) is 2.48. The Hall–Kier alpha value is -2.89. The minimum absolute atomic E-state index is 0.00706. The van der Waals surface area contributed by atoms with Gasteiger partial charge in [-0.25, -0.2) is 4.68 Å². The van der Waals surface area contributed by atoms with Crippen molar-refractivity contribution >= 4 is 41.0 Å². The van der Waals surface area contributed by atoms with Gasteiger partial charge in [-0.15, -0.1) is 15.3 Å². The molecule has 0 aliphatic heterocycles. The van der Waals surface area contributed by atoms with Crippen LogP contribution in [0.15, 0.2) is 63.4 Å². The van der Waals surface area contributed by atoms with Crippen LogP contribution in [0.2, 0.25) is 0 Å². The lowest BCUT2D eigenvalue weighted by molar-refractivity contribution is -0.384. The van der Waals surface area contributed by atoms with Gasteiger partial charge in [0.2, 0.25) is 11.8 Å². The minimum Gasteiger partial charge on any atom is -0.419 e. The summed E-state index contributed by atoms with van der Waals surface area (Å²) in [6.07, 6.45) is 0. The Morgan fingerprint density at radius 1 is 1.17 bits per heavy atom. The van der Waals surface area contributed by atoms with E-state index in [1.54, 1.807) is 16.8 Å². The van der Waals surface area contributed by atoms with Crippen LogP contribution in [0.25, 0.3) is 17.1 Å². The number of para-hydroxylation sites is 1. The van der Waals surface area contributed by atoms with Crippen molar-refractivity contribution < 1.29 is 9.34 Å². The van der Waals surface area contributed by atoms with Crippen LogP contribution in [0.1, 0.15) is 18.1 Å². The normalized spacial score (nSPS) is 12.0. The van der Waals surface area contributed by atoms with E-state index >= 15 is 0 Å². The maximum absolute atomic E-state index is 10.8. The van der Waals surface area contributed by atoms with E-state index in [-0.39, 0.29) is 10.9 Å². The van der Waals surface area contributed by atoms with Crippen molar-refractivity contribution in [2.45, 2.75) is 16.5 Å². The van der Waals surface area contributed by atoms with Gasteiger partial charge in [0.1, 0.15) is 0 Å². The van der Waals surface area contributed by atoms with Crippen LogP contribution < -0.4 is 0 Å². The van der Waals surface area contributed by atoms with Crippen LogP contribution in [-0.4, -0.2) is 24.9 Å². The number of nitrogens with zero attached hydrogens (tertiary/aromatic N) is 5. The molecule has 0 bridgehead atoms. The van der Waals surface area contributed by atoms with E-state index < -0.39 is 4.92 Å². The summed E-state index contributed by atoms with van der Waals surface area (Å²) in [7, 11) is 0. The van der Waals surface area contributed by atoms with Crippen molar-refractivity contribution in [2.24, 2.45) is 0 Å². The molecule has 0 N–H and O–H groups in total. The van der Waals surface area contributed by atoms with Crippen molar-refractivity contribution in [1.82, 2.24) is 20.0 Å². The van der Waals surface area contributed by atoms with Gasteiger partial charge in [-0.3, -0.25) is 10.1 Å². The standard InChI is InChI=1S/C18H13N5O3S3/c1-11(28-17-21-22(18(27)29-17)13-5-3-2-4-6-13)15-19-20-16(26-15)12-7-9-14(10-8-12)23(24)25/h2-11H,1H3. The molecule has 0 aliphatic rings. The quantitative estimate of drug-likeness (QED) is 0.167. The highest BCUT2D eigenvalue weighted by atomic mass is 32.2. The fourth-order valence-corrected chi connectivity index (χ4v) is 5.02. The van der Waals surface area contributed by atoms with Gasteiger partial charge in [-0.2, -0.15) is 0 Å². The van der Waals surface area contributed by atoms with Crippen molar-refractivity contribution in [2.75, 3.05) is 0 Å². The Labute approximate surface area is 178 Å². The number of thioether (sulfide) groups is 1. The van der Waals surface area contributed by atoms with E-state index in [0.29, 0.717) is 21.3 Å². The Balaban J connectivity index is 1.51. The lowest BCUT2D eigenvalue weighted by Crippen LogP contribution is -1.96. The summed E-state index contributed by atoms with van der Waals surface area (Å²) in [4.78, 5) is 10.3. The minimum atomic E-state index is -0.453. The third-order valence-corrected chi connectivity index (χ3v) is 6.32. The van der Waals surface area contributed by atoms with Gasteiger partial charge in [-0.05, 0) is 43.4 Å². The zero-order valence-corrected chi connectivity index (χ0v) is 17.4. The van der Waals surface area contributed by atoms with E-state index in [4.69, 9.17) is 16.6 Å². The number of nitro benzene ring substituents is 1. The topological polar surface area (TPSA) is 99.9 Å². The molecular weight excluding hydrogens is 430 g/mol. The third kappa shape index (κ3) is 4.26. The van der Waals surface area contributed by atoms with E-state index in [9.17, 15) is 10.1 Å². The van der Waals surface area contributed by atoms with Gasteiger partial charge in [0, 0.05) is 17.7 Å². The molecule has 0 radical (unpaired) electrons. The average molecular weight is 444 g/mol. The maximum atomic E-state index is 10.8. The van der Waals surface area contributed by atoms with Gasteiger partial charge < -0.3 is 4.42 Å². The van der Waals surface area contributed by atoms with Crippen molar-refractivity contribution in [1.29, 1.82) is 0 Å². The summed E-state index contributed by atoms with van der Waals surface area (Å²) < 4.78 is 8.93. The van der Waals surface area contributed by atoms with Crippen LogP contribution in [0.5, 0.6) is 0 Å². The molecule has 2 heterocycles. The van der Waals surface area contributed by atoms with Crippen LogP contribution in [0.4, 0.5) is 5.69 Å². The first kappa shape index (κ1) is 19.4. The van der Waals surface area contributed by atoms with Crippen molar-refractivity contribution in [3.05, 3.63) is 74.6 Å². The first-order valence-electron chi connectivity index (χ1n) is 8.42. The summed E-state index contributed by atoms with van der Waals surface area (Å²) in [5.74, 6) is 0.750. The Bertz CT molecular complexity index is 1200. The second kappa shape index (κ2) is 8.23. The van der Waals surface area contributed by atoms with Gasteiger partial charge in [0.05, 0.1) is 15.9 Å². The zero-order valence-electron chi connectivity index (χ0n) is 15.0. The van der Waals surface area contributed by atoms with Gasteiger partial charge in [0.15, 0.2) is 8.29 Å². The summed E-state index contributed by atoms with van der Waals surface area (Å²) in [5.41, 5.74) is 1.54. The van der Waals surface area contributed by atoms with Gasteiger partial charge >= 0.3 is 0 Å². The molecule has 8 nitrogen and oxygen atoms in total. The third-order valence-electron chi connectivity index (χ3n) is 3.92. The Kier molecular flexibility index (Phi) is 5.51. The number of aromatic nitrogens is 4. The van der Waals surface area contributed by atoms with Gasteiger partial charge in [0.25, 0.3) is 5.69 Å². The zero-order chi connectivity index (χ0) is 20.4. The first-order valence-corrected chi connectivity index (χ1v) is 10.5. The van der Waals surface area contributed by atoms with E-state index in [2.05, 4.69) is 15.3 Å². The smallest absolute Gasteiger partial charge is 0.269 e. The molecule has 4 rings (SSSR count). The molecule has 11 heteroatoms. The molecule has 4 aromatic rings. The molecule has 2 aromatic heterocycles. The van der Waals surface area contributed by atoms with Crippen molar-refractivity contribution in [3.8, 4) is 17.1 Å². The fraction of sp³-hybridized carbons (Fsp3) is 0.111. The summed E-state index contributed by atoms with van der Waals surface area (Å²) >= 11 is 8.32. The highest BCUT2D eigenvalue weighted by Gasteiger charge is 2.19. The molecule has 0 saturated heterocycles. The highest BCUT2D eigenvalue weighted by molar-refractivity contribution is 8.01. The molecule has 0 aliphatic carbocycles. The number of rotatable bonds is 6. The summed E-state index contributed by atoms with van der Waals surface area (Å²) in [6.45, 7) is 1.94. The predicted molar refractivity (Wildman–Crippen MR) is 113 cm³/mol. The number of benzene rings is 2. The largest absolute Gasteiger partial charge is 0.419 e. The van der Waals surface area contributed by atoms with Crippen LogP contribution in [0, 0.1) is 14.1 Å². The second-order valence-corrected chi connectivity index (χ2v) is 9.10. The van der Waals surface area contributed by atoms with Gasteiger partial charge in [-0.1, -0.05) is 41.3 Å².